The number of nitrogens with two attached hydrogens (primary N) is 1. The monoisotopic (exact) mass is 271 g/mol. The molecule has 3 N–H and O–H groups in total. The lowest BCUT2D eigenvalue weighted by Crippen LogP contribution is -2.51. The molecule has 18 heavy (non-hydrogen) atoms. The van der Waals surface area contributed by atoms with Crippen molar-refractivity contribution in [3.8, 4) is 0 Å². The van der Waals surface area contributed by atoms with Gasteiger partial charge in [-0.3, -0.25) is 4.79 Å². The van der Waals surface area contributed by atoms with E-state index in [1.165, 1.54) is 0 Å². The minimum absolute atomic E-state index is 0.526. The summed E-state index contributed by atoms with van der Waals surface area (Å²) in [5.74, 6) is -10.9. The predicted octanol–water partition coefficient (Wildman–Crippen LogP) is 2.45. The first-order chi connectivity index (χ1) is 8.19. The van der Waals surface area contributed by atoms with Gasteiger partial charge in [0, 0.05) is 0 Å². The molecule has 0 aromatic carbocycles. The maximum atomic E-state index is 14.2. The van der Waals surface area contributed by atoms with E-state index in [2.05, 4.69) is 0 Å². The molecule has 0 saturated heterocycles. The Balaban J connectivity index is 3.45. The number of carbonyl (C=O) groups is 1. The molecule has 0 radical (unpaired) electrons. The fourth-order valence-corrected chi connectivity index (χ4v) is 1.82. The van der Waals surface area contributed by atoms with E-state index >= 15 is 0 Å². The Morgan fingerprint density at radius 1 is 1.44 bits per heavy atom. The number of hydrogen-bond acceptors (Lipinski definition) is 2. The van der Waals surface area contributed by atoms with E-state index in [9.17, 15) is 26.7 Å². The zero-order chi connectivity index (χ0) is 14.2. The molecule has 1 aliphatic rings. The highest BCUT2D eigenvalue weighted by atomic mass is 19.2. The third kappa shape index (κ3) is 1.75. The van der Waals surface area contributed by atoms with Crippen molar-refractivity contribution in [3.05, 3.63) is 23.2 Å². The van der Waals surface area contributed by atoms with Gasteiger partial charge in [-0.2, -0.15) is 0 Å². The van der Waals surface area contributed by atoms with Crippen LogP contribution in [-0.2, 0) is 4.79 Å². The van der Waals surface area contributed by atoms with Gasteiger partial charge in [0.05, 0.1) is 5.70 Å². The first-order valence-corrected chi connectivity index (χ1v) is 4.96. The molecule has 102 valence electrons. The SMILES string of the molecule is CC[C@H](C(=O)O)[C@@]1(F)C(F)=C(F)C(F)=C(N)[C@H]1F. The van der Waals surface area contributed by atoms with Crippen LogP contribution >= 0.6 is 0 Å². The van der Waals surface area contributed by atoms with Gasteiger partial charge in [-0.05, 0) is 6.42 Å². The zero-order valence-corrected chi connectivity index (χ0v) is 9.18. The van der Waals surface area contributed by atoms with Gasteiger partial charge in [-0.15, -0.1) is 0 Å². The normalized spacial score (nSPS) is 30.7. The van der Waals surface area contributed by atoms with Crippen molar-refractivity contribution >= 4 is 5.97 Å². The van der Waals surface area contributed by atoms with Gasteiger partial charge in [0.25, 0.3) is 0 Å². The van der Waals surface area contributed by atoms with Crippen LogP contribution < -0.4 is 5.73 Å². The minimum Gasteiger partial charge on any atom is -0.481 e. The summed E-state index contributed by atoms with van der Waals surface area (Å²) in [6, 6.07) is 0. The van der Waals surface area contributed by atoms with Crippen molar-refractivity contribution in [3.63, 3.8) is 0 Å². The molecule has 0 saturated carbocycles. The Labute approximate surface area is 98.8 Å². The molecule has 0 unspecified atom stereocenters. The first-order valence-electron chi connectivity index (χ1n) is 4.96. The lowest BCUT2D eigenvalue weighted by atomic mass is 9.78. The highest BCUT2D eigenvalue weighted by molar-refractivity contribution is 5.73. The van der Waals surface area contributed by atoms with Crippen molar-refractivity contribution in [1.29, 1.82) is 0 Å². The topological polar surface area (TPSA) is 63.3 Å². The summed E-state index contributed by atoms with van der Waals surface area (Å²) in [5, 5.41) is 8.70. The molecule has 0 bridgehead atoms. The number of rotatable bonds is 3. The van der Waals surface area contributed by atoms with E-state index in [0.717, 1.165) is 6.92 Å². The van der Waals surface area contributed by atoms with Crippen LogP contribution in [0.1, 0.15) is 13.3 Å². The van der Waals surface area contributed by atoms with Gasteiger partial charge >= 0.3 is 5.97 Å². The Hall–Kier alpha value is -1.60. The van der Waals surface area contributed by atoms with E-state index in [1.54, 1.807) is 0 Å². The average molecular weight is 271 g/mol. The number of alkyl halides is 2. The highest BCUT2D eigenvalue weighted by Crippen LogP contribution is 2.47. The van der Waals surface area contributed by atoms with Gasteiger partial charge in [0.15, 0.2) is 23.7 Å². The average Bonchev–Trinajstić information content (AvgIpc) is 2.32. The molecule has 3 nitrogen and oxygen atoms in total. The molecular weight excluding hydrogens is 261 g/mol. The molecule has 0 heterocycles. The van der Waals surface area contributed by atoms with Crippen molar-refractivity contribution < 1.29 is 31.9 Å². The number of carboxylic acid groups (broad SMARTS) is 1. The maximum absolute atomic E-state index is 14.2. The Morgan fingerprint density at radius 3 is 2.33 bits per heavy atom. The van der Waals surface area contributed by atoms with Gasteiger partial charge in [-0.25, -0.2) is 22.0 Å². The number of hydrogen-bond donors (Lipinski definition) is 2. The lowest BCUT2D eigenvalue weighted by molar-refractivity contribution is -0.149. The summed E-state index contributed by atoms with van der Waals surface area (Å²) < 4.78 is 67.2. The van der Waals surface area contributed by atoms with Gasteiger partial charge < -0.3 is 10.8 Å². The van der Waals surface area contributed by atoms with Gasteiger partial charge in [0.2, 0.25) is 5.67 Å². The molecule has 0 aromatic heterocycles. The molecule has 0 amide bonds. The summed E-state index contributed by atoms with van der Waals surface area (Å²) in [6.07, 6.45) is -3.62. The second-order valence-corrected chi connectivity index (χ2v) is 3.83. The van der Waals surface area contributed by atoms with Crippen LogP contribution in [0, 0.1) is 5.92 Å². The minimum atomic E-state index is -3.84. The van der Waals surface area contributed by atoms with Gasteiger partial charge in [0.1, 0.15) is 5.92 Å². The van der Waals surface area contributed by atoms with Crippen LogP contribution in [0.4, 0.5) is 22.0 Å². The third-order valence-electron chi connectivity index (χ3n) is 2.83. The maximum Gasteiger partial charge on any atom is 0.310 e. The van der Waals surface area contributed by atoms with E-state index in [1.807, 2.05) is 0 Å². The smallest absolute Gasteiger partial charge is 0.310 e. The van der Waals surface area contributed by atoms with Crippen LogP contribution in [-0.4, -0.2) is 22.9 Å². The molecule has 0 aliphatic heterocycles. The Bertz CT molecular complexity index is 448. The van der Waals surface area contributed by atoms with Crippen LogP contribution in [0.15, 0.2) is 23.2 Å². The Morgan fingerprint density at radius 2 is 1.94 bits per heavy atom. The quantitative estimate of drug-likeness (QED) is 0.775. The molecule has 1 rings (SSSR count). The summed E-state index contributed by atoms with van der Waals surface area (Å²) in [6.45, 7) is 1.14. The van der Waals surface area contributed by atoms with Crippen LogP contribution in [0.5, 0.6) is 0 Å². The number of carboxylic acids is 1. The highest BCUT2D eigenvalue weighted by Gasteiger charge is 2.59. The fourth-order valence-electron chi connectivity index (χ4n) is 1.82. The predicted molar refractivity (Wildman–Crippen MR) is 51.7 cm³/mol. The van der Waals surface area contributed by atoms with Crippen LogP contribution in [0.25, 0.3) is 0 Å². The number of allylic oxidation sites excluding steroid dienone is 4. The molecule has 8 heteroatoms. The van der Waals surface area contributed by atoms with E-state index in [4.69, 9.17) is 10.8 Å². The summed E-state index contributed by atoms with van der Waals surface area (Å²) in [5.41, 5.74) is -0.534. The Kier molecular flexibility index (Phi) is 3.68. The molecule has 0 aromatic rings. The third-order valence-corrected chi connectivity index (χ3v) is 2.83. The summed E-state index contributed by atoms with van der Waals surface area (Å²) in [4.78, 5) is 10.8. The molecule has 0 spiro atoms. The van der Waals surface area contributed by atoms with Crippen LogP contribution in [0.2, 0.25) is 0 Å². The zero-order valence-electron chi connectivity index (χ0n) is 9.18. The molecule has 1 aliphatic carbocycles. The summed E-state index contributed by atoms with van der Waals surface area (Å²) >= 11 is 0. The molecule has 3 atom stereocenters. The van der Waals surface area contributed by atoms with Gasteiger partial charge in [-0.1, -0.05) is 6.92 Å². The van der Waals surface area contributed by atoms with Crippen molar-refractivity contribution in [2.24, 2.45) is 11.7 Å². The van der Waals surface area contributed by atoms with E-state index in [-0.39, 0.29) is 0 Å². The van der Waals surface area contributed by atoms with Crippen molar-refractivity contribution in [2.75, 3.05) is 0 Å². The lowest BCUT2D eigenvalue weighted by Gasteiger charge is -2.34. The standard InChI is InChI=1S/C10H10F5NO2/c1-2-3(9(17)18)10(15)7(13)5(12)4(11)6(16)8(10)14/h3,8H,2,16H2,1H3,(H,17,18)/t3-,8-,10-/m1/s1. The van der Waals surface area contributed by atoms with Crippen molar-refractivity contribution in [1.82, 2.24) is 0 Å². The molecular formula is C10H10F5NO2. The second-order valence-electron chi connectivity index (χ2n) is 3.83. The second kappa shape index (κ2) is 4.58. The number of halogens is 5. The van der Waals surface area contributed by atoms with Crippen molar-refractivity contribution in [2.45, 2.75) is 25.2 Å². The fraction of sp³-hybridized carbons (Fsp3) is 0.500. The summed E-state index contributed by atoms with van der Waals surface area (Å²) in [7, 11) is 0. The number of aliphatic carboxylic acids is 1. The first kappa shape index (κ1) is 14.5. The van der Waals surface area contributed by atoms with E-state index in [0.29, 0.717) is 0 Å². The van der Waals surface area contributed by atoms with Crippen LogP contribution in [0.3, 0.4) is 0 Å². The molecule has 0 fully saturated rings. The largest absolute Gasteiger partial charge is 0.481 e. The van der Waals surface area contributed by atoms with E-state index < -0.39 is 53.3 Å².